The Kier molecular flexibility index (Phi) is 2.62. The highest BCUT2D eigenvalue weighted by Gasteiger charge is 2.05. The number of carboxylic acids is 1. The zero-order valence-corrected chi connectivity index (χ0v) is 6.60. The Morgan fingerprint density at radius 1 is 1.55 bits per heavy atom. The Morgan fingerprint density at radius 3 is 2.73 bits per heavy atom. The summed E-state index contributed by atoms with van der Waals surface area (Å²) in [4.78, 5) is 11.6. The first-order valence-corrected chi connectivity index (χ1v) is 3.98. The predicted octanol–water partition coefficient (Wildman–Crippen LogP) is 0.981. The molecule has 0 amide bonds. The summed E-state index contributed by atoms with van der Waals surface area (Å²) in [7, 11) is 0. The predicted molar refractivity (Wildman–Crippen MR) is 42.1 cm³/mol. The van der Waals surface area contributed by atoms with Crippen LogP contribution in [0.2, 0.25) is 0 Å². The second-order valence-electron chi connectivity index (χ2n) is 2.04. The van der Waals surface area contributed by atoms with E-state index >= 15 is 0 Å². The van der Waals surface area contributed by atoms with E-state index in [2.05, 4.69) is 0 Å². The standard InChI is InChI=1S/C7H8O3S/c8-4-3-5-1-2-6(11-5)7(9)10/h1-2,8H,3-4H2,(H,9,10). The molecular weight excluding hydrogens is 164 g/mol. The number of thiophene rings is 1. The van der Waals surface area contributed by atoms with Gasteiger partial charge in [0.25, 0.3) is 0 Å². The number of aliphatic hydroxyl groups excluding tert-OH is 1. The molecular formula is C7H8O3S. The molecule has 0 saturated carbocycles. The Hall–Kier alpha value is -0.870. The molecule has 1 rings (SSSR count). The topological polar surface area (TPSA) is 57.5 Å². The van der Waals surface area contributed by atoms with E-state index in [-0.39, 0.29) is 6.61 Å². The van der Waals surface area contributed by atoms with Crippen molar-refractivity contribution in [3.05, 3.63) is 21.9 Å². The van der Waals surface area contributed by atoms with Crippen molar-refractivity contribution in [1.82, 2.24) is 0 Å². The molecule has 1 heterocycles. The minimum Gasteiger partial charge on any atom is -0.477 e. The molecule has 3 nitrogen and oxygen atoms in total. The Bertz CT molecular complexity index is 254. The van der Waals surface area contributed by atoms with Crippen LogP contribution >= 0.6 is 11.3 Å². The van der Waals surface area contributed by atoms with Gasteiger partial charge in [-0.25, -0.2) is 4.79 Å². The molecule has 0 aliphatic rings. The Labute approximate surface area is 67.9 Å². The first-order chi connectivity index (χ1) is 5.24. The zero-order valence-electron chi connectivity index (χ0n) is 5.78. The fraction of sp³-hybridized carbons (Fsp3) is 0.286. The van der Waals surface area contributed by atoms with Crippen LogP contribution in [0.5, 0.6) is 0 Å². The largest absolute Gasteiger partial charge is 0.477 e. The molecule has 4 heteroatoms. The van der Waals surface area contributed by atoms with Crippen molar-refractivity contribution in [2.45, 2.75) is 6.42 Å². The molecule has 0 bridgehead atoms. The van der Waals surface area contributed by atoms with Crippen LogP contribution in [-0.4, -0.2) is 22.8 Å². The molecule has 60 valence electrons. The van der Waals surface area contributed by atoms with E-state index in [1.807, 2.05) is 0 Å². The lowest BCUT2D eigenvalue weighted by Gasteiger charge is -1.87. The molecule has 0 aliphatic carbocycles. The van der Waals surface area contributed by atoms with Crippen molar-refractivity contribution < 1.29 is 15.0 Å². The number of hydrogen-bond acceptors (Lipinski definition) is 3. The highest BCUT2D eigenvalue weighted by atomic mass is 32.1. The number of carbonyl (C=O) groups is 1. The fourth-order valence-electron chi connectivity index (χ4n) is 0.737. The van der Waals surface area contributed by atoms with Gasteiger partial charge in [0.2, 0.25) is 0 Å². The third-order valence-corrected chi connectivity index (χ3v) is 2.36. The van der Waals surface area contributed by atoms with E-state index in [1.54, 1.807) is 12.1 Å². The van der Waals surface area contributed by atoms with Crippen LogP contribution < -0.4 is 0 Å². The van der Waals surface area contributed by atoms with E-state index in [0.717, 1.165) is 4.88 Å². The van der Waals surface area contributed by atoms with Gasteiger partial charge >= 0.3 is 5.97 Å². The van der Waals surface area contributed by atoms with Gasteiger partial charge in [-0.2, -0.15) is 0 Å². The third kappa shape index (κ3) is 2.03. The molecule has 0 saturated heterocycles. The minimum absolute atomic E-state index is 0.0690. The van der Waals surface area contributed by atoms with E-state index in [4.69, 9.17) is 10.2 Å². The summed E-state index contributed by atoms with van der Waals surface area (Å²) < 4.78 is 0. The Morgan fingerprint density at radius 2 is 2.27 bits per heavy atom. The maximum Gasteiger partial charge on any atom is 0.345 e. The van der Waals surface area contributed by atoms with Gasteiger partial charge in [-0.3, -0.25) is 0 Å². The molecule has 1 aromatic rings. The zero-order chi connectivity index (χ0) is 8.27. The quantitative estimate of drug-likeness (QED) is 0.714. The number of aromatic carboxylic acids is 1. The lowest BCUT2D eigenvalue weighted by atomic mass is 10.3. The maximum absolute atomic E-state index is 10.4. The van der Waals surface area contributed by atoms with Crippen molar-refractivity contribution in [1.29, 1.82) is 0 Å². The van der Waals surface area contributed by atoms with Gasteiger partial charge in [0.05, 0.1) is 0 Å². The molecule has 0 atom stereocenters. The van der Waals surface area contributed by atoms with Gasteiger partial charge in [-0.15, -0.1) is 11.3 Å². The summed E-state index contributed by atoms with van der Waals surface area (Å²) in [6.45, 7) is 0.0690. The lowest BCUT2D eigenvalue weighted by molar-refractivity contribution is 0.0702. The summed E-state index contributed by atoms with van der Waals surface area (Å²) >= 11 is 1.21. The van der Waals surface area contributed by atoms with Crippen LogP contribution in [0.15, 0.2) is 12.1 Å². The van der Waals surface area contributed by atoms with Gasteiger partial charge < -0.3 is 10.2 Å². The molecule has 2 N–H and O–H groups in total. The summed E-state index contributed by atoms with van der Waals surface area (Å²) in [6, 6.07) is 3.28. The van der Waals surface area contributed by atoms with E-state index in [0.29, 0.717) is 11.3 Å². The van der Waals surface area contributed by atoms with Gasteiger partial charge in [0.1, 0.15) is 4.88 Å². The smallest absolute Gasteiger partial charge is 0.345 e. The van der Waals surface area contributed by atoms with Crippen LogP contribution in [0, 0.1) is 0 Å². The second kappa shape index (κ2) is 3.50. The van der Waals surface area contributed by atoms with Crippen LogP contribution in [0.4, 0.5) is 0 Å². The second-order valence-corrected chi connectivity index (χ2v) is 3.21. The van der Waals surface area contributed by atoms with Crippen LogP contribution in [0.1, 0.15) is 14.5 Å². The van der Waals surface area contributed by atoms with E-state index in [9.17, 15) is 4.79 Å². The van der Waals surface area contributed by atoms with Crippen molar-refractivity contribution in [3.8, 4) is 0 Å². The van der Waals surface area contributed by atoms with Crippen molar-refractivity contribution in [3.63, 3.8) is 0 Å². The van der Waals surface area contributed by atoms with Gasteiger partial charge in [0.15, 0.2) is 0 Å². The molecule has 0 aliphatic heterocycles. The fourth-order valence-corrected chi connectivity index (χ4v) is 1.57. The lowest BCUT2D eigenvalue weighted by Crippen LogP contribution is -1.90. The Balaban J connectivity index is 2.73. The molecule has 1 aromatic heterocycles. The van der Waals surface area contributed by atoms with Crippen molar-refractivity contribution in [2.75, 3.05) is 6.61 Å². The van der Waals surface area contributed by atoms with E-state index in [1.165, 1.54) is 11.3 Å². The molecule has 0 radical (unpaired) electrons. The highest BCUT2D eigenvalue weighted by Crippen LogP contribution is 2.16. The van der Waals surface area contributed by atoms with Crippen LogP contribution in [0.3, 0.4) is 0 Å². The minimum atomic E-state index is -0.904. The van der Waals surface area contributed by atoms with Gasteiger partial charge in [-0.05, 0) is 12.1 Å². The average molecular weight is 172 g/mol. The summed E-state index contributed by atoms with van der Waals surface area (Å²) in [6.07, 6.45) is 0.540. The number of aliphatic hydroxyl groups is 1. The molecule has 0 aromatic carbocycles. The molecule has 0 unspecified atom stereocenters. The summed E-state index contributed by atoms with van der Waals surface area (Å²) in [5, 5.41) is 17.0. The highest BCUT2D eigenvalue weighted by molar-refractivity contribution is 7.13. The molecule has 0 spiro atoms. The van der Waals surface area contributed by atoms with E-state index < -0.39 is 5.97 Å². The molecule has 11 heavy (non-hydrogen) atoms. The van der Waals surface area contributed by atoms with Crippen LogP contribution in [0.25, 0.3) is 0 Å². The normalized spacial score (nSPS) is 9.91. The first kappa shape index (κ1) is 8.23. The number of carboxylic acid groups (broad SMARTS) is 1. The summed E-state index contributed by atoms with van der Waals surface area (Å²) in [5.74, 6) is -0.904. The van der Waals surface area contributed by atoms with Crippen LogP contribution in [-0.2, 0) is 6.42 Å². The van der Waals surface area contributed by atoms with Crippen molar-refractivity contribution >= 4 is 17.3 Å². The average Bonchev–Trinajstić information content (AvgIpc) is 2.37. The van der Waals surface area contributed by atoms with Crippen molar-refractivity contribution in [2.24, 2.45) is 0 Å². The first-order valence-electron chi connectivity index (χ1n) is 3.17. The molecule has 0 fully saturated rings. The van der Waals surface area contributed by atoms with Gasteiger partial charge in [0, 0.05) is 17.9 Å². The van der Waals surface area contributed by atoms with Gasteiger partial charge in [-0.1, -0.05) is 0 Å². The maximum atomic E-state index is 10.4. The monoisotopic (exact) mass is 172 g/mol. The number of rotatable bonds is 3. The third-order valence-electron chi connectivity index (χ3n) is 1.23. The number of hydrogen-bond donors (Lipinski definition) is 2. The summed E-state index contributed by atoms with van der Waals surface area (Å²) in [5.41, 5.74) is 0. The SMILES string of the molecule is O=C(O)c1ccc(CCO)s1.